The highest BCUT2D eigenvalue weighted by atomic mass is 16.6. The minimum atomic E-state index is -0.967. The van der Waals surface area contributed by atoms with Crippen molar-refractivity contribution in [3.05, 3.63) is 34.4 Å². The second-order valence-corrected chi connectivity index (χ2v) is 3.31. The summed E-state index contributed by atoms with van der Waals surface area (Å²) in [5.41, 5.74) is 0.298. The predicted octanol–water partition coefficient (Wildman–Crippen LogP) is 2.10. The minimum absolute atomic E-state index is 0.0611. The van der Waals surface area contributed by atoms with Gasteiger partial charge in [0, 0.05) is 12.1 Å². The average molecular weight is 250 g/mol. The first kappa shape index (κ1) is 13.4. The zero-order valence-electron chi connectivity index (χ0n) is 9.42. The molecule has 0 spiro atoms. The fourth-order valence-corrected chi connectivity index (χ4v) is 1.05. The highest BCUT2D eigenvalue weighted by Crippen LogP contribution is 2.18. The Labute approximate surface area is 102 Å². The minimum Gasteiger partial charge on any atom is -0.411 e. The van der Waals surface area contributed by atoms with Crippen LogP contribution in [0.1, 0.15) is 6.92 Å². The monoisotopic (exact) mass is 250 g/mol. The van der Waals surface area contributed by atoms with E-state index in [-0.39, 0.29) is 11.5 Å². The Morgan fingerprint density at radius 3 is 2.50 bits per heavy atom. The summed E-state index contributed by atoms with van der Waals surface area (Å²) >= 11 is 0. The van der Waals surface area contributed by atoms with Gasteiger partial charge in [0.25, 0.3) is 5.69 Å². The van der Waals surface area contributed by atoms with Crippen LogP contribution in [0.15, 0.2) is 39.6 Å². The fourth-order valence-electron chi connectivity index (χ4n) is 1.05. The van der Waals surface area contributed by atoms with E-state index in [1.54, 1.807) is 0 Å². The van der Waals surface area contributed by atoms with E-state index in [0.717, 1.165) is 6.21 Å². The maximum Gasteiger partial charge on any atom is 0.269 e. The van der Waals surface area contributed by atoms with E-state index in [9.17, 15) is 14.9 Å². The van der Waals surface area contributed by atoms with Crippen LogP contribution in [0.5, 0.6) is 0 Å². The number of non-ortho nitro benzene ring substituents is 1. The highest BCUT2D eigenvalue weighted by Gasteiger charge is 2.10. The number of rotatable bonds is 5. The maximum atomic E-state index is 11.1. The molecule has 1 aromatic rings. The van der Waals surface area contributed by atoms with Gasteiger partial charge in [0.1, 0.15) is 0 Å². The van der Waals surface area contributed by atoms with Gasteiger partial charge in [-0.1, -0.05) is 5.16 Å². The molecule has 8 nitrogen and oxygen atoms in total. The van der Waals surface area contributed by atoms with Crippen molar-refractivity contribution in [1.82, 2.24) is 0 Å². The molecule has 1 N–H and O–H groups in total. The Morgan fingerprint density at radius 2 is 2.06 bits per heavy atom. The van der Waals surface area contributed by atoms with Crippen LogP contribution < -0.4 is 0 Å². The number of nitro groups is 1. The molecule has 0 radical (unpaired) electrons. The predicted molar refractivity (Wildman–Crippen MR) is 62.4 cm³/mol. The second kappa shape index (κ2) is 6.18. The van der Waals surface area contributed by atoms with Crippen LogP contribution in [0.25, 0.3) is 0 Å². The quantitative estimate of drug-likeness (QED) is 0.283. The largest absolute Gasteiger partial charge is 0.411 e. The summed E-state index contributed by atoms with van der Waals surface area (Å²) in [5.74, 6) is -0.335. The van der Waals surface area contributed by atoms with Crippen LogP contribution >= 0.6 is 0 Å². The molecule has 0 saturated carbocycles. The molecule has 8 heteroatoms. The Bertz CT molecular complexity index is 495. The van der Waals surface area contributed by atoms with Crippen molar-refractivity contribution in [1.29, 1.82) is 0 Å². The maximum absolute atomic E-state index is 11.1. The molecule has 1 aromatic carbocycles. The number of nitro benzene ring substituents is 1. The Morgan fingerprint density at radius 1 is 1.44 bits per heavy atom. The van der Waals surface area contributed by atoms with Gasteiger partial charge in [-0.15, -0.1) is 0 Å². The summed E-state index contributed by atoms with van der Waals surface area (Å²) < 4.78 is 0. The standard InChI is InChI=1S/C10H10N4O4/c1-7(15)10(6-11-16)13-12-8-2-4-9(5-3-8)14(17)18/h2-6,10,16H,1H3. The van der Waals surface area contributed by atoms with Crippen LogP contribution in [-0.2, 0) is 4.79 Å². The summed E-state index contributed by atoms with van der Waals surface area (Å²) in [6, 6.07) is 4.38. The number of hydrogen-bond donors (Lipinski definition) is 1. The molecule has 94 valence electrons. The van der Waals surface area contributed by atoms with Gasteiger partial charge in [-0.2, -0.15) is 10.2 Å². The molecular formula is C10H10N4O4. The molecule has 0 aliphatic heterocycles. The first-order valence-electron chi connectivity index (χ1n) is 4.88. The lowest BCUT2D eigenvalue weighted by atomic mass is 10.2. The van der Waals surface area contributed by atoms with Gasteiger partial charge in [-0.25, -0.2) is 0 Å². The van der Waals surface area contributed by atoms with Crippen LogP contribution in [0.3, 0.4) is 0 Å². The van der Waals surface area contributed by atoms with Gasteiger partial charge in [0.15, 0.2) is 11.8 Å². The molecule has 1 atom stereocenters. The topological polar surface area (TPSA) is 118 Å². The van der Waals surface area contributed by atoms with E-state index in [1.807, 2.05) is 0 Å². The first-order chi connectivity index (χ1) is 8.54. The number of carbonyl (C=O) groups is 1. The molecule has 0 fully saturated rings. The molecule has 0 aromatic heterocycles. The van der Waals surface area contributed by atoms with E-state index in [4.69, 9.17) is 5.21 Å². The van der Waals surface area contributed by atoms with Gasteiger partial charge in [-0.3, -0.25) is 14.9 Å². The molecule has 0 bridgehead atoms. The number of azo groups is 1. The van der Waals surface area contributed by atoms with Crippen molar-refractivity contribution in [2.45, 2.75) is 13.0 Å². The lowest BCUT2D eigenvalue weighted by Crippen LogP contribution is -2.15. The zero-order valence-corrected chi connectivity index (χ0v) is 9.42. The van der Waals surface area contributed by atoms with E-state index in [2.05, 4.69) is 15.4 Å². The van der Waals surface area contributed by atoms with E-state index in [1.165, 1.54) is 31.2 Å². The van der Waals surface area contributed by atoms with Crippen LogP contribution in [0.2, 0.25) is 0 Å². The number of hydrogen-bond acceptors (Lipinski definition) is 7. The summed E-state index contributed by atoms with van der Waals surface area (Å²) in [7, 11) is 0. The first-order valence-corrected chi connectivity index (χ1v) is 4.88. The summed E-state index contributed by atoms with van der Waals surface area (Å²) in [5, 5.41) is 28.8. The number of Topliss-reactive ketones (excluding diaryl/α,β-unsaturated/α-hetero) is 1. The third kappa shape index (κ3) is 3.74. The fraction of sp³-hybridized carbons (Fsp3) is 0.200. The number of oxime groups is 1. The van der Waals surface area contributed by atoms with Crippen molar-refractivity contribution in [3.63, 3.8) is 0 Å². The molecule has 0 aliphatic carbocycles. The molecule has 1 rings (SSSR count). The normalized spacial score (nSPS) is 12.9. The molecular weight excluding hydrogens is 240 g/mol. The van der Waals surface area contributed by atoms with Gasteiger partial charge in [0.05, 0.1) is 16.8 Å². The van der Waals surface area contributed by atoms with Crippen LogP contribution in [0.4, 0.5) is 11.4 Å². The van der Waals surface area contributed by atoms with Gasteiger partial charge >= 0.3 is 0 Å². The smallest absolute Gasteiger partial charge is 0.269 e. The number of ketones is 1. The summed E-state index contributed by atoms with van der Waals surface area (Å²) in [6.45, 7) is 1.28. The van der Waals surface area contributed by atoms with Gasteiger partial charge < -0.3 is 5.21 Å². The molecule has 0 amide bonds. The lowest BCUT2D eigenvalue weighted by molar-refractivity contribution is -0.384. The van der Waals surface area contributed by atoms with Crippen LogP contribution in [-0.4, -0.2) is 28.2 Å². The average Bonchev–Trinajstić information content (AvgIpc) is 2.34. The Kier molecular flexibility index (Phi) is 4.61. The summed E-state index contributed by atoms with van der Waals surface area (Å²) in [4.78, 5) is 20.9. The van der Waals surface area contributed by atoms with Crippen molar-refractivity contribution < 1.29 is 14.9 Å². The van der Waals surface area contributed by atoms with E-state index < -0.39 is 11.0 Å². The number of nitrogens with zero attached hydrogens (tertiary/aromatic N) is 4. The van der Waals surface area contributed by atoms with Crippen molar-refractivity contribution in [2.75, 3.05) is 0 Å². The van der Waals surface area contributed by atoms with E-state index in [0.29, 0.717) is 5.69 Å². The summed E-state index contributed by atoms with van der Waals surface area (Å²) in [6.07, 6.45) is 0.942. The zero-order chi connectivity index (χ0) is 13.5. The molecule has 18 heavy (non-hydrogen) atoms. The lowest BCUT2D eigenvalue weighted by Gasteiger charge is -1.98. The number of benzene rings is 1. The molecule has 0 aliphatic rings. The van der Waals surface area contributed by atoms with E-state index >= 15 is 0 Å². The molecule has 0 saturated heterocycles. The third-order valence-corrected chi connectivity index (χ3v) is 1.98. The second-order valence-electron chi connectivity index (χ2n) is 3.31. The molecule has 1 unspecified atom stereocenters. The van der Waals surface area contributed by atoms with Gasteiger partial charge in [-0.05, 0) is 19.1 Å². The highest BCUT2D eigenvalue weighted by molar-refractivity contribution is 5.97. The Hall–Kier alpha value is -2.64. The van der Waals surface area contributed by atoms with Crippen LogP contribution in [0, 0.1) is 10.1 Å². The van der Waals surface area contributed by atoms with Crippen molar-refractivity contribution in [2.24, 2.45) is 15.4 Å². The van der Waals surface area contributed by atoms with Crippen molar-refractivity contribution >= 4 is 23.4 Å². The third-order valence-electron chi connectivity index (χ3n) is 1.98. The van der Waals surface area contributed by atoms with Crippen molar-refractivity contribution in [3.8, 4) is 0 Å². The number of carbonyl (C=O) groups excluding carboxylic acids is 1. The SMILES string of the molecule is CC(=O)C(C=NO)N=Nc1ccc([N+](=O)[O-])cc1. The van der Waals surface area contributed by atoms with Gasteiger partial charge in [0.2, 0.25) is 0 Å². The Balaban J connectivity index is 2.83. The molecule has 0 heterocycles.